The van der Waals surface area contributed by atoms with Crippen LogP contribution in [0.3, 0.4) is 0 Å². The molecule has 0 aromatic carbocycles. The van der Waals surface area contributed by atoms with Crippen molar-refractivity contribution in [3.8, 4) is 0 Å². The van der Waals surface area contributed by atoms with Crippen molar-refractivity contribution in [1.82, 2.24) is 19.7 Å². The van der Waals surface area contributed by atoms with E-state index >= 15 is 0 Å². The Bertz CT molecular complexity index is 614. The summed E-state index contributed by atoms with van der Waals surface area (Å²) in [6.07, 6.45) is 4.38. The van der Waals surface area contributed by atoms with Crippen LogP contribution in [-0.4, -0.2) is 32.6 Å². The highest BCUT2D eigenvalue weighted by atomic mass is 16.2. The van der Waals surface area contributed by atoms with Crippen molar-refractivity contribution in [2.24, 2.45) is 12.9 Å². The lowest BCUT2D eigenvalue weighted by molar-refractivity contribution is 0.0785. The topological polar surface area (TPSA) is 89.1 Å². The molecule has 0 unspecified atom stereocenters. The molecule has 0 saturated carbocycles. The zero-order valence-corrected chi connectivity index (χ0v) is 12.5. The summed E-state index contributed by atoms with van der Waals surface area (Å²) >= 11 is 0. The molecule has 1 amide bonds. The molecule has 0 spiro atoms. The number of hydrogen-bond acceptors (Lipinski definition) is 5. The lowest BCUT2D eigenvalue weighted by atomic mass is 10.1. The Morgan fingerprint density at radius 1 is 1.48 bits per heavy atom. The number of carbonyl (C=O) groups is 1. The Balaban J connectivity index is 2.18. The molecule has 0 aliphatic carbocycles. The molecule has 2 aromatic rings. The van der Waals surface area contributed by atoms with E-state index in [0.29, 0.717) is 17.9 Å². The molecule has 0 fully saturated rings. The van der Waals surface area contributed by atoms with Crippen molar-refractivity contribution in [2.75, 3.05) is 12.5 Å². The van der Waals surface area contributed by atoms with E-state index in [1.165, 1.54) is 0 Å². The van der Waals surface area contributed by atoms with Crippen LogP contribution in [0.2, 0.25) is 0 Å². The summed E-state index contributed by atoms with van der Waals surface area (Å²) in [4.78, 5) is 18.4. The molecule has 0 atom stereocenters. The van der Waals surface area contributed by atoms with E-state index < -0.39 is 0 Å². The number of rotatable bonds is 5. The smallest absolute Gasteiger partial charge is 0.254 e. The van der Waals surface area contributed by atoms with E-state index in [-0.39, 0.29) is 5.91 Å². The number of amides is 1. The summed E-state index contributed by atoms with van der Waals surface area (Å²) < 4.78 is 1.71. The molecule has 7 nitrogen and oxygen atoms in total. The molecule has 0 bridgehead atoms. The first-order valence-corrected chi connectivity index (χ1v) is 6.74. The normalized spacial score (nSPS) is 10.5. The van der Waals surface area contributed by atoms with Gasteiger partial charge in [-0.05, 0) is 18.6 Å². The lowest BCUT2D eigenvalue weighted by Gasteiger charge is -2.17. The van der Waals surface area contributed by atoms with Crippen LogP contribution in [0.15, 0.2) is 24.5 Å². The van der Waals surface area contributed by atoms with Gasteiger partial charge in [-0.25, -0.2) is 10.8 Å². The van der Waals surface area contributed by atoms with Crippen LogP contribution >= 0.6 is 0 Å². The summed E-state index contributed by atoms with van der Waals surface area (Å²) in [6, 6.07) is 3.45. The fourth-order valence-corrected chi connectivity index (χ4v) is 2.09. The van der Waals surface area contributed by atoms with Crippen LogP contribution < -0.4 is 11.3 Å². The van der Waals surface area contributed by atoms with Gasteiger partial charge in [0.1, 0.15) is 5.82 Å². The van der Waals surface area contributed by atoms with Crippen molar-refractivity contribution in [2.45, 2.75) is 19.9 Å². The fraction of sp³-hybridized carbons (Fsp3) is 0.357. The summed E-state index contributed by atoms with van der Waals surface area (Å²) in [5.41, 5.74) is 4.87. The second-order valence-corrected chi connectivity index (χ2v) is 4.91. The maximum absolute atomic E-state index is 12.5. The molecule has 0 radical (unpaired) electrons. The van der Waals surface area contributed by atoms with E-state index in [1.54, 1.807) is 35.0 Å². The largest absolute Gasteiger partial charge is 0.337 e. The summed E-state index contributed by atoms with van der Waals surface area (Å²) in [5, 5.41) is 4.10. The molecule has 21 heavy (non-hydrogen) atoms. The molecule has 3 N–H and O–H groups in total. The van der Waals surface area contributed by atoms with Crippen LogP contribution in [0, 0.1) is 0 Å². The molecule has 0 aliphatic rings. The van der Waals surface area contributed by atoms with E-state index in [2.05, 4.69) is 15.5 Å². The van der Waals surface area contributed by atoms with Gasteiger partial charge in [0.25, 0.3) is 5.91 Å². The van der Waals surface area contributed by atoms with Gasteiger partial charge in [0.05, 0.1) is 6.20 Å². The van der Waals surface area contributed by atoms with Gasteiger partial charge in [0.2, 0.25) is 0 Å². The number of pyridine rings is 1. The average molecular weight is 288 g/mol. The van der Waals surface area contributed by atoms with Crippen LogP contribution in [0.5, 0.6) is 0 Å². The number of anilines is 1. The zero-order chi connectivity index (χ0) is 15.4. The van der Waals surface area contributed by atoms with Crippen molar-refractivity contribution < 1.29 is 4.79 Å². The third-order valence-electron chi connectivity index (χ3n) is 3.16. The summed E-state index contributed by atoms with van der Waals surface area (Å²) in [6.45, 7) is 2.48. The van der Waals surface area contributed by atoms with Gasteiger partial charge >= 0.3 is 0 Å². The predicted molar refractivity (Wildman–Crippen MR) is 80.4 cm³/mol. The Hall–Kier alpha value is -2.41. The summed E-state index contributed by atoms with van der Waals surface area (Å²) in [7, 11) is 3.61. The van der Waals surface area contributed by atoms with Crippen molar-refractivity contribution in [3.63, 3.8) is 0 Å². The number of aromatic nitrogens is 3. The van der Waals surface area contributed by atoms with Crippen molar-refractivity contribution >= 4 is 11.7 Å². The number of nitrogens with zero attached hydrogens (tertiary/aromatic N) is 4. The number of aryl methyl sites for hydroxylation is 2. The van der Waals surface area contributed by atoms with Gasteiger partial charge in [0, 0.05) is 43.7 Å². The Morgan fingerprint density at radius 3 is 2.81 bits per heavy atom. The molecular weight excluding hydrogens is 268 g/mol. The molecular formula is C14H20N6O. The Labute approximate surface area is 123 Å². The van der Waals surface area contributed by atoms with Gasteiger partial charge in [-0.3, -0.25) is 9.48 Å². The minimum Gasteiger partial charge on any atom is -0.337 e. The Morgan fingerprint density at radius 2 is 2.24 bits per heavy atom. The first-order chi connectivity index (χ1) is 10.0. The van der Waals surface area contributed by atoms with Crippen LogP contribution in [0.25, 0.3) is 0 Å². The average Bonchev–Trinajstić information content (AvgIpc) is 2.90. The number of nitrogens with two attached hydrogens (primary N) is 1. The van der Waals surface area contributed by atoms with E-state index in [4.69, 9.17) is 5.84 Å². The highest BCUT2D eigenvalue weighted by molar-refractivity contribution is 5.94. The van der Waals surface area contributed by atoms with Crippen LogP contribution in [0.1, 0.15) is 28.5 Å². The van der Waals surface area contributed by atoms with Gasteiger partial charge in [-0.15, -0.1) is 0 Å². The first kappa shape index (κ1) is 15.0. The predicted octanol–water partition coefficient (Wildman–Crippen LogP) is 0.935. The maximum atomic E-state index is 12.5. The van der Waals surface area contributed by atoms with Crippen molar-refractivity contribution in [1.29, 1.82) is 0 Å². The minimum atomic E-state index is -0.0764. The van der Waals surface area contributed by atoms with Crippen molar-refractivity contribution in [3.05, 3.63) is 41.3 Å². The molecule has 2 rings (SSSR count). The van der Waals surface area contributed by atoms with E-state index in [0.717, 1.165) is 17.7 Å². The lowest BCUT2D eigenvalue weighted by Crippen LogP contribution is -2.26. The van der Waals surface area contributed by atoms with Crippen LogP contribution in [0.4, 0.5) is 5.82 Å². The molecule has 2 heterocycles. The Kier molecular flexibility index (Phi) is 4.54. The van der Waals surface area contributed by atoms with Gasteiger partial charge in [-0.1, -0.05) is 6.92 Å². The third kappa shape index (κ3) is 3.57. The SMILES string of the molecule is CCc1cc(C(=O)N(C)Cc2cnn(C)c2)cc(NN)n1. The standard InChI is InChI=1S/C14H20N6O/c1-4-12-5-11(6-13(17-12)18-15)14(21)19(2)8-10-7-16-20(3)9-10/h5-7,9H,4,8,15H2,1-3H3,(H,17,18). The summed E-state index contributed by atoms with van der Waals surface area (Å²) in [5.74, 6) is 5.81. The zero-order valence-electron chi connectivity index (χ0n) is 12.5. The van der Waals surface area contributed by atoms with Gasteiger partial charge < -0.3 is 10.3 Å². The number of hydrazine groups is 1. The van der Waals surface area contributed by atoms with Crippen LogP contribution in [-0.2, 0) is 20.0 Å². The number of hydrogen-bond donors (Lipinski definition) is 2. The van der Waals surface area contributed by atoms with Gasteiger partial charge in [0.15, 0.2) is 0 Å². The quantitative estimate of drug-likeness (QED) is 0.631. The van der Waals surface area contributed by atoms with E-state index in [9.17, 15) is 4.79 Å². The molecule has 7 heteroatoms. The molecule has 2 aromatic heterocycles. The molecule has 0 saturated heterocycles. The third-order valence-corrected chi connectivity index (χ3v) is 3.16. The second-order valence-electron chi connectivity index (χ2n) is 4.91. The minimum absolute atomic E-state index is 0.0764. The number of nitrogen functional groups attached to an aromatic ring is 1. The second kappa shape index (κ2) is 6.36. The first-order valence-electron chi connectivity index (χ1n) is 6.74. The molecule has 0 aliphatic heterocycles. The monoisotopic (exact) mass is 288 g/mol. The highest BCUT2D eigenvalue weighted by Crippen LogP contribution is 2.13. The maximum Gasteiger partial charge on any atom is 0.254 e. The molecule has 112 valence electrons. The van der Waals surface area contributed by atoms with E-state index in [1.807, 2.05) is 20.2 Å². The number of nitrogens with one attached hydrogen (secondary N) is 1. The number of carbonyl (C=O) groups excluding carboxylic acids is 1. The fourth-order valence-electron chi connectivity index (χ4n) is 2.09. The highest BCUT2D eigenvalue weighted by Gasteiger charge is 2.15. The van der Waals surface area contributed by atoms with Gasteiger partial charge in [-0.2, -0.15) is 5.10 Å².